The highest BCUT2D eigenvalue weighted by molar-refractivity contribution is 5.90. The molecule has 7 heteroatoms. The van der Waals surface area contributed by atoms with Gasteiger partial charge in [-0.3, -0.25) is 0 Å². The molecule has 0 saturated heterocycles. The molecule has 0 aromatic heterocycles. The summed E-state index contributed by atoms with van der Waals surface area (Å²) in [5.74, 6) is -0.466. The first kappa shape index (κ1) is 29.7. The molecule has 2 rings (SSSR count). The average molecular weight is 429 g/mol. The Morgan fingerprint density at radius 3 is 1.84 bits per heavy atom. The molecule has 7 nitrogen and oxygen atoms in total. The monoisotopic (exact) mass is 428 g/mol. The molecule has 0 spiro atoms. The third-order valence-electron chi connectivity index (χ3n) is 3.81. The molecule has 0 aliphatic heterocycles. The number of carbonyl (C=O) groups is 1. The summed E-state index contributed by atoms with van der Waals surface area (Å²) in [4.78, 5) is 27.6. The van der Waals surface area contributed by atoms with E-state index in [0.29, 0.717) is 12.4 Å². The van der Waals surface area contributed by atoms with Crippen molar-refractivity contribution in [2.24, 2.45) is 0 Å². The van der Waals surface area contributed by atoms with E-state index in [1.165, 1.54) is 31.2 Å². The second-order valence-electron chi connectivity index (χ2n) is 6.28. The largest absolute Gasteiger partial charge is 0.493 e. The first-order valence-electron chi connectivity index (χ1n) is 10.0. The summed E-state index contributed by atoms with van der Waals surface area (Å²) in [6, 6.07) is 17.0. The summed E-state index contributed by atoms with van der Waals surface area (Å²) >= 11 is 0. The van der Waals surface area contributed by atoms with E-state index in [9.17, 15) is 4.79 Å². The van der Waals surface area contributed by atoms with Crippen molar-refractivity contribution in [1.82, 2.24) is 0 Å². The smallest absolute Gasteiger partial charge is 0.339 e. The fraction of sp³-hybridized carbons (Fsp3) is 0.375. The van der Waals surface area contributed by atoms with Crippen LogP contribution in [0.1, 0.15) is 61.4 Å². The quantitative estimate of drug-likeness (QED) is 0.259. The molecular weight excluding hydrogens is 396 g/mol. The van der Waals surface area contributed by atoms with E-state index in [4.69, 9.17) is 30.3 Å². The van der Waals surface area contributed by atoms with Crippen molar-refractivity contribution in [2.75, 3.05) is 6.61 Å². The van der Waals surface area contributed by atoms with Gasteiger partial charge in [-0.05, 0) is 25.5 Å². The van der Waals surface area contributed by atoms with E-state index in [1.54, 1.807) is 24.3 Å². The lowest BCUT2D eigenvalue weighted by atomic mass is 10.1. The Morgan fingerprint density at radius 2 is 1.35 bits per heavy atom. The van der Waals surface area contributed by atoms with E-state index in [-0.39, 0.29) is 5.56 Å². The maximum atomic E-state index is 10.9. The summed E-state index contributed by atoms with van der Waals surface area (Å²) in [5, 5.41) is 19.8. The number of hydrogen-bond donors (Lipinski definition) is 3. The van der Waals surface area contributed by atoms with Gasteiger partial charge in [0.2, 0.25) is 12.2 Å². The SMILES string of the molecule is CCCCCCCCOc1ccccc1C(=O)O.Cc1ccccc1.N=C=O.N=C=O. The zero-order valence-corrected chi connectivity index (χ0v) is 18.2. The third-order valence-corrected chi connectivity index (χ3v) is 3.81. The van der Waals surface area contributed by atoms with Crippen LogP contribution in [0.5, 0.6) is 5.75 Å². The number of benzene rings is 2. The van der Waals surface area contributed by atoms with Crippen LogP contribution in [0.15, 0.2) is 54.6 Å². The molecular formula is C24H32N2O5. The predicted octanol–water partition coefficient (Wildman–Crippen LogP) is 5.92. The lowest BCUT2D eigenvalue weighted by molar-refractivity contribution is 0.0692. The predicted molar refractivity (Wildman–Crippen MR) is 120 cm³/mol. The van der Waals surface area contributed by atoms with Crippen LogP contribution in [-0.2, 0) is 9.59 Å². The van der Waals surface area contributed by atoms with E-state index in [0.717, 1.165) is 25.0 Å². The molecule has 0 amide bonds. The van der Waals surface area contributed by atoms with Gasteiger partial charge in [0.05, 0.1) is 6.61 Å². The number of carboxylic acid groups (broad SMARTS) is 1. The minimum atomic E-state index is -0.937. The molecule has 0 aliphatic rings. The first-order valence-corrected chi connectivity index (χ1v) is 10.0. The number of para-hydroxylation sites is 1. The van der Waals surface area contributed by atoms with Crippen LogP contribution in [0.25, 0.3) is 0 Å². The Bertz CT molecular complexity index is 755. The molecule has 0 atom stereocenters. The van der Waals surface area contributed by atoms with Crippen LogP contribution in [0, 0.1) is 17.7 Å². The average Bonchev–Trinajstić information content (AvgIpc) is 2.75. The van der Waals surface area contributed by atoms with Crippen molar-refractivity contribution in [3.8, 4) is 5.75 Å². The van der Waals surface area contributed by atoms with Crippen LogP contribution >= 0.6 is 0 Å². The fourth-order valence-electron chi connectivity index (χ4n) is 2.37. The van der Waals surface area contributed by atoms with Gasteiger partial charge in [-0.1, -0.05) is 87.1 Å². The second-order valence-corrected chi connectivity index (χ2v) is 6.28. The molecule has 0 radical (unpaired) electrons. The molecule has 2 aromatic carbocycles. The van der Waals surface area contributed by atoms with Crippen molar-refractivity contribution >= 4 is 18.1 Å². The van der Waals surface area contributed by atoms with E-state index in [1.807, 2.05) is 18.2 Å². The minimum absolute atomic E-state index is 0.239. The summed E-state index contributed by atoms with van der Waals surface area (Å²) in [7, 11) is 0. The van der Waals surface area contributed by atoms with Crippen LogP contribution in [0.4, 0.5) is 0 Å². The Labute approximate surface area is 184 Å². The highest BCUT2D eigenvalue weighted by Gasteiger charge is 2.09. The number of rotatable bonds is 9. The van der Waals surface area contributed by atoms with Gasteiger partial charge < -0.3 is 9.84 Å². The van der Waals surface area contributed by atoms with Gasteiger partial charge in [-0.25, -0.2) is 25.2 Å². The van der Waals surface area contributed by atoms with Crippen LogP contribution in [-0.4, -0.2) is 29.8 Å². The van der Waals surface area contributed by atoms with Crippen molar-refractivity contribution in [2.45, 2.75) is 52.4 Å². The summed E-state index contributed by atoms with van der Waals surface area (Å²) < 4.78 is 5.52. The summed E-state index contributed by atoms with van der Waals surface area (Å²) in [5.41, 5.74) is 1.56. The number of unbranched alkanes of at least 4 members (excludes halogenated alkanes) is 5. The molecule has 0 fully saturated rings. The number of ether oxygens (including phenoxy) is 1. The number of aromatic carboxylic acids is 1. The highest BCUT2D eigenvalue weighted by atomic mass is 16.5. The zero-order chi connectivity index (χ0) is 23.7. The zero-order valence-electron chi connectivity index (χ0n) is 18.2. The number of isocyanates is 2. The van der Waals surface area contributed by atoms with E-state index < -0.39 is 5.97 Å². The summed E-state index contributed by atoms with van der Waals surface area (Å²) in [6.45, 7) is 4.88. The normalized spacial score (nSPS) is 8.45. The second kappa shape index (κ2) is 22.8. The van der Waals surface area contributed by atoms with Crippen LogP contribution in [0.2, 0.25) is 0 Å². The van der Waals surface area contributed by atoms with Gasteiger partial charge in [0.1, 0.15) is 11.3 Å². The molecule has 0 bridgehead atoms. The van der Waals surface area contributed by atoms with Crippen molar-refractivity contribution in [3.63, 3.8) is 0 Å². The fourth-order valence-corrected chi connectivity index (χ4v) is 2.37. The number of carbonyl (C=O) groups excluding carboxylic acids is 2. The van der Waals surface area contributed by atoms with E-state index in [2.05, 4.69) is 26.0 Å². The highest BCUT2D eigenvalue weighted by Crippen LogP contribution is 2.18. The van der Waals surface area contributed by atoms with Gasteiger partial charge in [0.25, 0.3) is 0 Å². The third kappa shape index (κ3) is 19.6. The first-order chi connectivity index (χ1) is 15.0. The molecule has 168 valence electrons. The number of aryl methyl sites for hydroxylation is 1. The van der Waals surface area contributed by atoms with Gasteiger partial charge >= 0.3 is 5.97 Å². The molecule has 0 aliphatic carbocycles. The maximum Gasteiger partial charge on any atom is 0.339 e. The van der Waals surface area contributed by atoms with Gasteiger partial charge in [0.15, 0.2) is 0 Å². The van der Waals surface area contributed by atoms with Crippen molar-refractivity contribution in [1.29, 1.82) is 10.8 Å². The Kier molecular flexibility index (Phi) is 21.8. The maximum absolute atomic E-state index is 10.9. The summed E-state index contributed by atoms with van der Waals surface area (Å²) in [6.07, 6.45) is 8.69. The van der Waals surface area contributed by atoms with Gasteiger partial charge in [0, 0.05) is 0 Å². The molecule has 0 saturated carbocycles. The van der Waals surface area contributed by atoms with Gasteiger partial charge in [-0.15, -0.1) is 0 Å². The lowest BCUT2D eigenvalue weighted by Gasteiger charge is -2.08. The molecule has 0 heterocycles. The lowest BCUT2D eigenvalue weighted by Crippen LogP contribution is -2.04. The van der Waals surface area contributed by atoms with E-state index >= 15 is 0 Å². The topological polar surface area (TPSA) is 128 Å². The standard InChI is InChI=1S/C15H22O3.C7H8.2CHNO/c1-2-3-4-5-6-9-12-18-14-11-8-7-10-13(14)15(16)17;1-7-5-3-2-4-6-7;2*2-1-3/h7-8,10-11H,2-6,9,12H2,1H3,(H,16,17);2-6H,1H3;2*2H. The van der Waals surface area contributed by atoms with Crippen molar-refractivity contribution < 1.29 is 24.2 Å². The number of nitrogens with one attached hydrogen (secondary N) is 2. The van der Waals surface area contributed by atoms with Gasteiger partial charge in [-0.2, -0.15) is 0 Å². The number of hydrogen-bond acceptors (Lipinski definition) is 6. The van der Waals surface area contributed by atoms with Crippen LogP contribution in [0.3, 0.4) is 0 Å². The van der Waals surface area contributed by atoms with Crippen LogP contribution < -0.4 is 4.74 Å². The van der Waals surface area contributed by atoms with Crippen molar-refractivity contribution in [3.05, 3.63) is 65.7 Å². The molecule has 3 N–H and O–H groups in total. The Hall–Kier alpha value is -3.53. The Balaban J connectivity index is 0. The molecule has 31 heavy (non-hydrogen) atoms. The molecule has 2 aromatic rings. The molecule has 0 unspecified atom stereocenters. The minimum Gasteiger partial charge on any atom is -0.493 e. The number of carboxylic acids is 1. The Morgan fingerprint density at radius 1 is 0.871 bits per heavy atom.